The molecule has 8 heteroatoms. The zero-order valence-corrected chi connectivity index (χ0v) is 16.5. The van der Waals surface area contributed by atoms with Gasteiger partial charge in [0.1, 0.15) is 11.2 Å². The summed E-state index contributed by atoms with van der Waals surface area (Å²) in [7, 11) is 5.13. The van der Waals surface area contributed by atoms with Gasteiger partial charge in [0, 0.05) is 19.8 Å². The van der Waals surface area contributed by atoms with Crippen molar-refractivity contribution in [2.24, 2.45) is 0 Å². The highest BCUT2D eigenvalue weighted by molar-refractivity contribution is 7.07. The summed E-state index contributed by atoms with van der Waals surface area (Å²) in [6, 6.07) is 7.68. The molecule has 7 nitrogen and oxygen atoms in total. The molecule has 0 aliphatic rings. The van der Waals surface area contributed by atoms with Crippen LogP contribution in [0.3, 0.4) is 0 Å². The molecule has 1 aromatic heterocycles. The minimum absolute atomic E-state index is 0.221. The van der Waals surface area contributed by atoms with Gasteiger partial charge in [-0.2, -0.15) is 0 Å². The van der Waals surface area contributed by atoms with E-state index in [9.17, 15) is 14.4 Å². The van der Waals surface area contributed by atoms with Crippen LogP contribution in [0.25, 0.3) is 12.2 Å². The van der Waals surface area contributed by atoms with Crippen LogP contribution in [-0.2, 0) is 25.6 Å². The van der Waals surface area contributed by atoms with E-state index in [0.29, 0.717) is 9.20 Å². The van der Waals surface area contributed by atoms with E-state index in [0.717, 1.165) is 22.6 Å². The Kier molecular flexibility index (Phi) is 6.95. The molecular weight excluding hydrogens is 368 g/mol. The molecule has 1 aromatic carbocycles. The standard InChI is InChI=1S/C19H22N2O5S/c1-5-26-17(22)11-16-21(12-18(23)25-4)19(24)15(27-16)10-13-6-8-14(9-7-13)20(2)3/h6-11H,5,12H2,1-4H3/b15-10+,16-11-. The van der Waals surface area contributed by atoms with Gasteiger partial charge in [-0.05, 0) is 30.7 Å². The van der Waals surface area contributed by atoms with E-state index in [-0.39, 0.29) is 18.7 Å². The normalized spacial score (nSPS) is 12.1. The van der Waals surface area contributed by atoms with Crippen LogP contribution < -0.4 is 19.7 Å². The maximum absolute atomic E-state index is 12.7. The van der Waals surface area contributed by atoms with Gasteiger partial charge in [-0.1, -0.05) is 12.1 Å². The first-order valence-corrected chi connectivity index (χ1v) is 9.11. The molecule has 0 unspecified atom stereocenters. The van der Waals surface area contributed by atoms with Crippen molar-refractivity contribution in [3.05, 3.63) is 49.4 Å². The number of ether oxygens (including phenoxy) is 2. The monoisotopic (exact) mass is 390 g/mol. The molecule has 2 aromatic rings. The second-order valence-electron chi connectivity index (χ2n) is 5.80. The van der Waals surface area contributed by atoms with Crippen molar-refractivity contribution in [3.8, 4) is 0 Å². The maximum atomic E-state index is 12.7. The molecule has 0 bridgehead atoms. The second-order valence-corrected chi connectivity index (χ2v) is 6.86. The zero-order valence-electron chi connectivity index (χ0n) is 15.7. The lowest BCUT2D eigenvalue weighted by Gasteiger charge is -2.11. The highest BCUT2D eigenvalue weighted by atomic mass is 32.1. The van der Waals surface area contributed by atoms with Gasteiger partial charge in [0.05, 0.1) is 24.3 Å². The number of thiazole rings is 1. The lowest BCUT2D eigenvalue weighted by atomic mass is 10.2. The third-order valence-electron chi connectivity index (χ3n) is 3.69. The highest BCUT2D eigenvalue weighted by Gasteiger charge is 2.11. The summed E-state index contributed by atoms with van der Waals surface area (Å²) in [5, 5.41) is 0. The summed E-state index contributed by atoms with van der Waals surface area (Å²) in [6.45, 7) is 1.64. The number of methoxy groups -OCH3 is 1. The van der Waals surface area contributed by atoms with Gasteiger partial charge >= 0.3 is 11.9 Å². The Hall–Kier alpha value is -2.87. The van der Waals surface area contributed by atoms with Crippen LogP contribution in [0, 0.1) is 0 Å². The predicted molar refractivity (Wildman–Crippen MR) is 105 cm³/mol. The Labute approximate surface area is 160 Å². The second kappa shape index (κ2) is 9.18. The third kappa shape index (κ3) is 5.30. The summed E-state index contributed by atoms with van der Waals surface area (Å²) in [4.78, 5) is 38.1. The number of nitrogens with zero attached hydrogens (tertiary/aromatic N) is 2. The predicted octanol–water partition coefficient (Wildman–Crippen LogP) is 0.321. The van der Waals surface area contributed by atoms with Gasteiger partial charge in [-0.3, -0.25) is 14.2 Å². The fourth-order valence-corrected chi connectivity index (χ4v) is 3.32. The molecule has 0 spiro atoms. The molecule has 144 valence electrons. The molecule has 0 N–H and O–H groups in total. The van der Waals surface area contributed by atoms with Crippen molar-refractivity contribution in [1.29, 1.82) is 0 Å². The van der Waals surface area contributed by atoms with Gasteiger partial charge in [0.25, 0.3) is 5.56 Å². The molecule has 0 aliphatic carbocycles. The van der Waals surface area contributed by atoms with E-state index in [1.165, 1.54) is 17.8 Å². The number of esters is 2. The maximum Gasteiger partial charge on any atom is 0.333 e. The Morgan fingerprint density at radius 2 is 1.89 bits per heavy atom. The fourth-order valence-electron chi connectivity index (χ4n) is 2.29. The molecule has 2 rings (SSSR count). The number of benzene rings is 1. The Morgan fingerprint density at radius 1 is 1.22 bits per heavy atom. The highest BCUT2D eigenvalue weighted by Crippen LogP contribution is 2.12. The first-order chi connectivity index (χ1) is 12.8. The van der Waals surface area contributed by atoms with E-state index in [1.807, 2.05) is 43.3 Å². The van der Waals surface area contributed by atoms with Gasteiger partial charge in [-0.15, -0.1) is 11.3 Å². The molecule has 0 fully saturated rings. The average molecular weight is 390 g/mol. The van der Waals surface area contributed by atoms with Crippen LogP contribution >= 0.6 is 11.3 Å². The Balaban J connectivity index is 2.55. The Morgan fingerprint density at radius 3 is 2.44 bits per heavy atom. The summed E-state index contributed by atoms with van der Waals surface area (Å²) in [5.41, 5.74) is 1.52. The van der Waals surface area contributed by atoms with E-state index < -0.39 is 11.9 Å². The molecule has 1 heterocycles. The third-order valence-corrected chi connectivity index (χ3v) is 4.75. The number of aromatic nitrogens is 1. The van der Waals surface area contributed by atoms with E-state index in [4.69, 9.17) is 4.74 Å². The molecule has 0 amide bonds. The van der Waals surface area contributed by atoms with Crippen LogP contribution in [0.5, 0.6) is 0 Å². The number of hydrogen-bond acceptors (Lipinski definition) is 7. The van der Waals surface area contributed by atoms with Crippen molar-refractivity contribution >= 4 is 41.1 Å². The van der Waals surface area contributed by atoms with Gasteiger partial charge in [0.15, 0.2) is 0 Å². The topological polar surface area (TPSA) is 77.8 Å². The number of rotatable bonds is 6. The SMILES string of the molecule is CCOC(=O)/C=c1\s/c(=C/c2ccc(N(C)C)cc2)c(=O)n1CC(=O)OC. The van der Waals surface area contributed by atoms with Crippen molar-refractivity contribution in [1.82, 2.24) is 4.57 Å². The molecule has 0 saturated heterocycles. The number of hydrogen-bond donors (Lipinski definition) is 0. The number of carbonyl (C=O) groups excluding carboxylic acids is 2. The molecule has 0 radical (unpaired) electrons. The van der Waals surface area contributed by atoms with Crippen molar-refractivity contribution < 1.29 is 19.1 Å². The quantitative estimate of drug-likeness (QED) is 0.661. The molecular formula is C19H22N2O5S. The molecule has 0 aliphatic heterocycles. The van der Waals surface area contributed by atoms with E-state index >= 15 is 0 Å². The molecule has 0 atom stereocenters. The van der Waals surface area contributed by atoms with Crippen LogP contribution in [0.15, 0.2) is 29.1 Å². The first kappa shape index (κ1) is 20.4. The minimum Gasteiger partial charge on any atom is -0.468 e. The fraction of sp³-hybridized carbons (Fsp3) is 0.316. The van der Waals surface area contributed by atoms with Crippen molar-refractivity contribution in [2.75, 3.05) is 32.7 Å². The largest absolute Gasteiger partial charge is 0.468 e. The Bertz CT molecular complexity index is 987. The van der Waals surface area contributed by atoms with Gasteiger partial charge in [-0.25, -0.2) is 4.79 Å². The summed E-state index contributed by atoms with van der Waals surface area (Å²) in [6.07, 6.45) is 2.94. The summed E-state index contributed by atoms with van der Waals surface area (Å²) in [5.74, 6) is -1.14. The molecule has 27 heavy (non-hydrogen) atoms. The molecule has 0 saturated carbocycles. The van der Waals surface area contributed by atoms with Crippen LogP contribution in [0.4, 0.5) is 5.69 Å². The summed E-state index contributed by atoms with van der Waals surface area (Å²) >= 11 is 1.12. The van der Waals surface area contributed by atoms with Gasteiger partial charge < -0.3 is 14.4 Å². The number of anilines is 1. The van der Waals surface area contributed by atoms with Crippen molar-refractivity contribution in [3.63, 3.8) is 0 Å². The summed E-state index contributed by atoms with van der Waals surface area (Å²) < 4.78 is 11.5. The minimum atomic E-state index is -0.574. The number of carbonyl (C=O) groups is 2. The lowest BCUT2D eigenvalue weighted by molar-refractivity contribution is -0.141. The van der Waals surface area contributed by atoms with Crippen LogP contribution in [0.2, 0.25) is 0 Å². The van der Waals surface area contributed by atoms with Crippen LogP contribution in [0.1, 0.15) is 12.5 Å². The first-order valence-electron chi connectivity index (χ1n) is 8.29. The lowest BCUT2D eigenvalue weighted by Crippen LogP contribution is -2.34. The smallest absolute Gasteiger partial charge is 0.333 e. The van der Waals surface area contributed by atoms with Gasteiger partial charge in [0.2, 0.25) is 0 Å². The van der Waals surface area contributed by atoms with E-state index in [1.54, 1.807) is 13.0 Å². The van der Waals surface area contributed by atoms with E-state index in [2.05, 4.69) is 4.74 Å². The van der Waals surface area contributed by atoms with Crippen molar-refractivity contribution in [2.45, 2.75) is 13.5 Å². The average Bonchev–Trinajstić information content (AvgIpc) is 2.91. The van der Waals surface area contributed by atoms with Crippen LogP contribution in [-0.4, -0.2) is 44.3 Å². The zero-order chi connectivity index (χ0) is 20.0.